The van der Waals surface area contributed by atoms with Gasteiger partial charge in [-0.15, -0.1) is 5.10 Å². The molecule has 26 heavy (non-hydrogen) atoms. The third-order valence-corrected chi connectivity index (χ3v) is 4.81. The fourth-order valence-electron chi connectivity index (χ4n) is 3.34. The molecule has 0 fully saturated rings. The number of benzene rings is 2. The van der Waals surface area contributed by atoms with Gasteiger partial charge in [-0.05, 0) is 48.7 Å². The summed E-state index contributed by atoms with van der Waals surface area (Å²) in [6, 6.07) is 16.1. The summed E-state index contributed by atoms with van der Waals surface area (Å²) < 4.78 is 7.38. The summed E-state index contributed by atoms with van der Waals surface area (Å²) in [7, 11) is 0. The molecule has 6 nitrogen and oxygen atoms in total. The number of nitrogens with zero attached hydrogens (tertiary/aromatic N) is 3. The van der Waals surface area contributed by atoms with Crippen molar-refractivity contribution in [3.05, 3.63) is 64.7 Å². The Labute approximate surface area is 156 Å². The van der Waals surface area contributed by atoms with Gasteiger partial charge >= 0.3 is 0 Å². The van der Waals surface area contributed by atoms with E-state index in [1.165, 1.54) is 5.56 Å². The van der Waals surface area contributed by atoms with Crippen molar-refractivity contribution >= 4 is 23.5 Å². The van der Waals surface area contributed by atoms with Gasteiger partial charge in [0.05, 0.1) is 18.7 Å². The number of aromatic nitrogens is 3. The van der Waals surface area contributed by atoms with Crippen LogP contribution in [0.3, 0.4) is 0 Å². The number of nitrogens with one attached hydrogen (secondary N) is 1. The number of fused-ring (bicyclic) bond motifs is 1. The molecule has 1 aliphatic heterocycles. The van der Waals surface area contributed by atoms with E-state index in [2.05, 4.69) is 27.5 Å². The monoisotopic (exact) mass is 369 g/mol. The Morgan fingerprint density at radius 2 is 1.85 bits per heavy atom. The third-order valence-electron chi connectivity index (χ3n) is 4.55. The van der Waals surface area contributed by atoms with E-state index in [9.17, 15) is 0 Å². The molecule has 1 aliphatic rings. The number of halogens is 1. The average molecular weight is 370 g/mol. The maximum Gasteiger partial charge on any atom is 0.241 e. The van der Waals surface area contributed by atoms with Crippen molar-refractivity contribution in [3.8, 4) is 5.75 Å². The van der Waals surface area contributed by atoms with Crippen LogP contribution in [0.2, 0.25) is 5.02 Å². The molecular formula is C19H20ClN5O. The molecule has 7 heteroatoms. The fourth-order valence-corrected chi connectivity index (χ4v) is 3.46. The molecule has 0 bridgehead atoms. The van der Waals surface area contributed by atoms with Crippen molar-refractivity contribution in [2.75, 3.05) is 17.7 Å². The lowest BCUT2D eigenvalue weighted by molar-refractivity contribution is 0.340. The summed E-state index contributed by atoms with van der Waals surface area (Å²) in [5.41, 5.74) is 8.13. The minimum Gasteiger partial charge on any atom is -0.494 e. The highest BCUT2D eigenvalue weighted by Crippen LogP contribution is 2.38. The highest BCUT2D eigenvalue weighted by atomic mass is 35.5. The van der Waals surface area contributed by atoms with Gasteiger partial charge in [0.2, 0.25) is 11.9 Å². The summed E-state index contributed by atoms with van der Waals surface area (Å²) >= 11 is 6.04. The summed E-state index contributed by atoms with van der Waals surface area (Å²) in [6.07, 6.45) is 0.825. The van der Waals surface area contributed by atoms with Gasteiger partial charge in [0.15, 0.2) is 0 Å². The molecule has 1 aromatic heterocycles. The molecule has 2 aromatic carbocycles. The Morgan fingerprint density at radius 1 is 1.15 bits per heavy atom. The zero-order valence-electron chi connectivity index (χ0n) is 14.4. The van der Waals surface area contributed by atoms with Crippen LogP contribution in [0.15, 0.2) is 48.5 Å². The van der Waals surface area contributed by atoms with Crippen LogP contribution < -0.4 is 15.8 Å². The van der Waals surface area contributed by atoms with Gasteiger partial charge < -0.3 is 15.8 Å². The van der Waals surface area contributed by atoms with Gasteiger partial charge in [-0.3, -0.25) is 0 Å². The van der Waals surface area contributed by atoms with E-state index in [0.717, 1.165) is 17.7 Å². The molecule has 2 atom stereocenters. The van der Waals surface area contributed by atoms with Crippen LogP contribution in [-0.2, 0) is 0 Å². The molecule has 0 radical (unpaired) electrons. The quantitative estimate of drug-likeness (QED) is 0.725. The molecule has 2 unspecified atom stereocenters. The summed E-state index contributed by atoms with van der Waals surface area (Å²) in [4.78, 5) is 4.34. The van der Waals surface area contributed by atoms with E-state index in [1.807, 2.05) is 48.0 Å². The Bertz CT molecular complexity index is 891. The van der Waals surface area contributed by atoms with Crippen LogP contribution in [-0.4, -0.2) is 21.4 Å². The molecule has 0 saturated heterocycles. The highest BCUT2D eigenvalue weighted by molar-refractivity contribution is 6.30. The van der Waals surface area contributed by atoms with Crippen molar-refractivity contribution in [1.82, 2.24) is 14.8 Å². The Kier molecular flexibility index (Phi) is 4.42. The summed E-state index contributed by atoms with van der Waals surface area (Å²) in [5, 5.41) is 8.52. The largest absolute Gasteiger partial charge is 0.494 e. The maximum atomic E-state index is 6.04. The number of rotatable bonds is 4. The lowest BCUT2D eigenvalue weighted by Gasteiger charge is -2.31. The van der Waals surface area contributed by atoms with Crippen molar-refractivity contribution in [1.29, 1.82) is 0 Å². The second kappa shape index (κ2) is 6.88. The Balaban J connectivity index is 1.67. The summed E-state index contributed by atoms with van der Waals surface area (Å²) in [6.45, 7) is 2.63. The average Bonchev–Trinajstić information content (AvgIpc) is 3.03. The van der Waals surface area contributed by atoms with E-state index < -0.39 is 0 Å². The number of hydrogen-bond donors (Lipinski definition) is 2. The molecule has 0 amide bonds. The summed E-state index contributed by atoms with van der Waals surface area (Å²) in [5.74, 6) is 1.81. The van der Waals surface area contributed by atoms with Gasteiger partial charge in [-0.2, -0.15) is 4.98 Å². The molecule has 0 spiro atoms. The zero-order chi connectivity index (χ0) is 18.1. The predicted molar refractivity (Wildman–Crippen MR) is 103 cm³/mol. The van der Waals surface area contributed by atoms with Crippen molar-refractivity contribution in [2.45, 2.75) is 25.4 Å². The van der Waals surface area contributed by atoms with E-state index >= 15 is 0 Å². The molecule has 2 heterocycles. The van der Waals surface area contributed by atoms with Gasteiger partial charge in [0.1, 0.15) is 5.75 Å². The normalized spacial score (nSPS) is 18.8. The van der Waals surface area contributed by atoms with E-state index in [4.69, 9.17) is 22.1 Å². The van der Waals surface area contributed by atoms with Crippen LogP contribution in [0, 0.1) is 0 Å². The van der Waals surface area contributed by atoms with Crippen LogP contribution >= 0.6 is 11.6 Å². The molecule has 0 aliphatic carbocycles. The SMILES string of the molecule is CCOc1ccc(C2CC(c3ccc(Cl)cc3)n3nc(N)nc3N2)cc1. The van der Waals surface area contributed by atoms with Crippen molar-refractivity contribution in [2.24, 2.45) is 0 Å². The number of ether oxygens (including phenoxy) is 1. The van der Waals surface area contributed by atoms with E-state index in [0.29, 0.717) is 17.6 Å². The molecule has 4 rings (SSSR count). The topological polar surface area (TPSA) is 78.0 Å². The first-order valence-corrected chi connectivity index (χ1v) is 8.98. The number of anilines is 2. The predicted octanol–water partition coefficient (Wildman–Crippen LogP) is 4.06. The van der Waals surface area contributed by atoms with Gasteiger partial charge in [-0.25, -0.2) is 4.68 Å². The number of nitrogens with two attached hydrogens (primary N) is 1. The van der Waals surface area contributed by atoms with Gasteiger partial charge in [0, 0.05) is 5.02 Å². The standard InChI is InChI=1S/C19H20ClN5O/c1-2-26-15-9-5-12(6-10-15)16-11-17(13-3-7-14(20)8-4-13)25-19(22-16)23-18(21)24-25/h3-10,16-17H,2,11H2,1H3,(H3,21,22,23,24). The van der Waals surface area contributed by atoms with Crippen LogP contribution in [0.4, 0.5) is 11.9 Å². The highest BCUT2D eigenvalue weighted by Gasteiger charge is 2.30. The molecular weight excluding hydrogens is 350 g/mol. The third kappa shape index (κ3) is 3.20. The maximum absolute atomic E-state index is 6.04. The van der Waals surface area contributed by atoms with E-state index in [1.54, 1.807) is 0 Å². The zero-order valence-corrected chi connectivity index (χ0v) is 15.1. The fraction of sp³-hybridized carbons (Fsp3) is 0.263. The molecule has 134 valence electrons. The molecule has 3 N–H and O–H groups in total. The minimum absolute atomic E-state index is 0.0323. The second-order valence-corrected chi connectivity index (χ2v) is 6.68. The Morgan fingerprint density at radius 3 is 2.54 bits per heavy atom. The van der Waals surface area contributed by atoms with Crippen molar-refractivity contribution in [3.63, 3.8) is 0 Å². The second-order valence-electron chi connectivity index (χ2n) is 6.24. The first-order chi connectivity index (χ1) is 12.6. The molecule has 3 aromatic rings. The number of hydrogen-bond acceptors (Lipinski definition) is 5. The van der Waals surface area contributed by atoms with Crippen LogP contribution in [0.25, 0.3) is 0 Å². The Hall–Kier alpha value is -2.73. The van der Waals surface area contributed by atoms with Gasteiger partial charge in [-0.1, -0.05) is 35.9 Å². The smallest absolute Gasteiger partial charge is 0.241 e. The minimum atomic E-state index is 0.0323. The van der Waals surface area contributed by atoms with E-state index in [-0.39, 0.29) is 18.0 Å². The van der Waals surface area contributed by atoms with Crippen molar-refractivity contribution < 1.29 is 4.74 Å². The number of nitrogen functional groups attached to an aromatic ring is 1. The van der Waals surface area contributed by atoms with Crippen LogP contribution in [0.1, 0.15) is 36.6 Å². The molecule has 0 saturated carbocycles. The lowest BCUT2D eigenvalue weighted by Crippen LogP contribution is -2.28. The lowest BCUT2D eigenvalue weighted by atomic mass is 9.93. The van der Waals surface area contributed by atoms with Crippen LogP contribution in [0.5, 0.6) is 5.75 Å². The van der Waals surface area contributed by atoms with Gasteiger partial charge in [0.25, 0.3) is 0 Å². The first kappa shape index (κ1) is 16.7. The first-order valence-electron chi connectivity index (χ1n) is 8.61.